The topological polar surface area (TPSA) is 166 Å². The highest BCUT2D eigenvalue weighted by molar-refractivity contribution is 5.99. The summed E-state index contributed by atoms with van der Waals surface area (Å²) >= 11 is 0. The third-order valence-corrected chi connectivity index (χ3v) is 4.24. The van der Waals surface area contributed by atoms with Crippen molar-refractivity contribution >= 4 is 29.5 Å². The zero-order chi connectivity index (χ0) is 22.5. The number of hydrazone groups is 1. The SMILES string of the molecule is CC(=O)Nc1ccc(C=NNC(=O)c2nnn(-c3nonc3N)c2-c2ccccc2)cc1. The summed E-state index contributed by atoms with van der Waals surface area (Å²) in [5.41, 5.74) is 10.6. The van der Waals surface area contributed by atoms with Crippen molar-refractivity contribution in [2.24, 2.45) is 5.10 Å². The summed E-state index contributed by atoms with van der Waals surface area (Å²) < 4.78 is 5.92. The Kier molecular flexibility index (Phi) is 5.66. The summed E-state index contributed by atoms with van der Waals surface area (Å²) in [7, 11) is 0. The van der Waals surface area contributed by atoms with Crippen LogP contribution in [0.2, 0.25) is 0 Å². The molecule has 160 valence electrons. The van der Waals surface area contributed by atoms with E-state index in [1.807, 2.05) is 18.2 Å². The molecule has 2 aromatic carbocycles. The monoisotopic (exact) mass is 431 g/mol. The fourth-order valence-electron chi connectivity index (χ4n) is 2.85. The zero-order valence-electron chi connectivity index (χ0n) is 16.8. The molecule has 4 rings (SSSR count). The highest BCUT2D eigenvalue weighted by Gasteiger charge is 2.24. The molecule has 2 heterocycles. The van der Waals surface area contributed by atoms with Gasteiger partial charge in [0.05, 0.1) is 6.21 Å². The Labute approximate surface area is 181 Å². The molecule has 2 amide bonds. The molecule has 12 heteroatoms. The lowest BCUT2D eigenvalue weighted by atomic mass is 10.1. The average molecular weight is 431 g/mol. The maximum Gasteiger partial charge on any atom is 0.294 e. The minimum absolute atomic E-state index is 0.000213. The zero-order valence-corrected chi connectivity index (χ0v) is 16.8. The van der Waals surface area contributed by atoms with Crippen molar-refractivity contribution < 1.29 is 14.2 Å². The van der Waals surface area contributed by atoms with E-state index < -0.39 is 5.91 Å². The smallest absolute Gasteiger partial charge is 0.294 e. The molecule has 12 nitrogen and oxygen atoms in total. The molecule has 4 aromatic rings. The number of carbonyl (C=O) groups is 2. The van der Waals surface area contributed by atoms with E-state index in [0.717, 1.165) is 0 Å². The van der Waals surface area contributed by atoms with Gasteiger partial charge in [0.25, 0.3) is 5.91 Å². The second-order valence-electron chi connectivity index (χ2n) is 6.54. The summed E-state index contributed by atoms with van der Waals surface area (Å²) in [5, 5.41) is 21.9. The highest BCUT2D eigenvalue weighted by Crippen LogP contribution is 2.26. The fraction of sp³-hybridized carbons (Fsp3) is 0.0500. The number of nitrogens with zero attached hydrogens (tertiary/aromatic N) is 6. The molecular weight excluding hydrogens is 414 g/mol. The lowest BCUT2D eigenvalue weighted by Crippen LogP contribution is -2.19. The van der Waals surface area contributed by atoms with Crippen molar-refractivity contribution in [2.75, 3.05) is 11.1 Å². The van der Waals surface area contributed by atoms with Gasteiger partial charge in [-0.05, 0) is 28.0 Å². The second kappa shape index (κ2) is 8.87. The molecule has 0 saturated carbocycles. The molecule has 0 spiro atoms. The number of carbonyl (C=O) groups excluding carboxylic acids is 2. The molecule has 0 saturated heterocycles. The lowest BCUT2D eigenvalue weighted by molar-refractivity contribution is -0.114. The van der Waals surface area contributed by atoms with E-state index >= 15 is 0 Å². The van der Waals surface area contributed by atoms with E-state index in [0.29, 0.717) is 22.5 Å². The first-order valence-electron chi connectivity index (χ1n) is 9.33. The third kappa shape index (κ3) is 4.33. The number of nitrogens with two attached hydrogens (primary N) is 1. The van der Waals surface area contributed by atoms with Crippen molar-refractivity contribution in [1.29, 1.82) is 0 Å². The summed E-state index contributed by atoms with van der Waals surface area (Å²) in [4.78, 5) is 23.9. The van der Waals surface area contributed by atoms with E-state index in [2.05, 4.69) is 41.1 Å². The normalized spacial score (nSPS) is 10.9. The number of hydrogen-bond acceptors (Lipinski definition) is 9. The molecular formula is C20H17N9O3. The molecule has 0 radical (unpaired) electrons. The maximum atomic E-state index is 12.8. The van der Waals surface area contributed by atoms with Gasteiger partial charge in [0, 0.05) is 18.2 Å². The number of nitrogen functional groups attached to an aromatic ring is 1. The van der Waals surface area contributed by atoms with E-state index in [-0.39, 0.29) is 23.2 Å². The predicted octanol–water partition coefficient (Wildman–Crippen LogP) is 1.62. The summed E-state index contributed by atoms with van der Waals surface area (Å²) in [5.74, 6) is -0.640. The number of aromatic nitrogens is 5. The number of nitrogens with one attached hydrogen (secondary N) is 2. The van der Waals surface area contributed by atoms with Gasteiger partial charge in [-0.25, -0.2) is 10.1 Å². The molecule has 0 unspecified atom stereocenters. The number of hydrogen-bond donors (Lipinski definition) is 3. The van der Waals surface area contributed by atoms with Crippen molar-refractivity contribution in [1.82, 2.24) is 30.7 Å². The molecule has 4 N–H and O–H groups in total. The molecule has 0 aliphatic heterocycles. The first-order valence-corrected chi connectivity index (χ1v) is 9.33. The van der Waals surface area contributed by atoms with Crippen LogP contribution >= 0.6 is 0 Å². The van der Waals surface area contributed by atoms with E-state index in [1.54, 1.807) is 36.4 Å². The van der Waals surface area contributed by atoms with Crippen LogP contribution in [0.15, 0.2) is 64.3 Å². The molecule has 0 atom stereocenters. The summed E-state index contributed by atoms with van der Waals surface area (Å²) in [6.45, 7) is 1.43. The molecule has 2 aromatic heterocycles. The Morgan fingerprint density at radius 2 is 1.84 bits per heavy atom. The number of benzene rings is 2. The van der Waals surface area contributed by atoms with Crippen LogP contribution in [0.5, 0.6) is 0 Å². The van der Waals surface area contributed by atoms with Gasteiger partial charge in [-0.1, -0.05) is 47.7 Å². The van der Waals surface area contributed by atoms with Crippen LogP contribution in [-0.2, 0) is 4.79 Å². The second-order valence-corrected chi connectivity index (χ2v) is 6.54. The first-order chi connectivity index (χ1) is 15.5. The molecule has 0 aliphatic rings. The van der Waals surface area contributed by atoms with Crippen molar-refractivity contribution in [3.8, 4) is 17.1 Å². The van der Waals surface area contributed by atoms with Crippen LogP contribution in [-0.4, -0.2) is 43.3 Å². The minimum atomic E-state index is -0.587. The standard InChI is InChI=1S/C20H17N9O3/c1-12(30)23-15-9-7-13(8-10-15)11-22-25-20(31)16-17(14-5-3-2-4-6-14)29(28-24-16)19-18(21)26-32-27-19/h2-11H,1H3,(H2,21,26)(H,23,30)(H,25,31). The van der Waals surface area contributed by atoms with Gasteiger partial charge in [0.15, 0.2) is 5.69 Å². The van der Waals surface area contributed by atoms with Crippen LogP contribution in [0.4, 0.5) is 11.5 Å². The molecule has 0 aliphatic carbocycles. The van der Waals surface area contributed by atoms with E-state index in [9.17, 15) is 9.59 Å². The number of anilines is 2. The maximum absolute atomic E-state index is 12.8. The van der Waals surface area contributed by atoms with Crippen LogP contribution in [0, 0.1) is 0 Å². The Bertz CT molecular complexity index is 1280. The van der Waals surface area contributed by atoms with Gasteiger partial charge in [0.1, 0.15) is 5.69 Å². The quantitative estimate of drug-likeness (QED) is 0.306. The van der Waals surface area contributed by atoms with Crippen molar-refractivity contribution in [3.63, 3.8) is 0 Å². The summed E-state index contributed by atoms with van der Waals surface area (Å²) in [6.07, 6.45) is 1.46. The predicted molar refractivity (Wildman–Crippen MR) is 115 cm³/mol. The van der Waals surface area contributed by atoms with Gasteiger partial charge in [-0.2, -0.15) is 9.78 Å². The van der Waals surface area contributed by atoms with E-state index in [4.69, 9.17) is 5.73 Å². The minimum Gasteiger partial charge on any atom is -0.378 e. The van der Waals surface area contributed by atoms with Gasteiger partial charge >= 0.3 is 0 Å². The Morgan fingerprint density at radius 1 is 1.09 bits per heavy atom. The van der Waals surface area contributed by atoms with Gasteiger partial charge in [-0.3, -0.25) is 9.59 Å². The van der Waals surface area contributed by atoms with Gasteiger partial charge in [0.2, 0.25) is 17.5 Å². The largest absolute Gasteiger partial charge is 0.378 e. The Balaban J connectivity index is 1.57. The fourth-order valence-corrected chi connectivity index (χ4v) is 2.85. The van der Waals surface area contributed by atoms with Gasteiger partial charge < -0.3 is 11.1 Å². The van der Waals surface area contributed by atoms with E-state index in [1.165, 1.54) is 17.8 Å². The number of rotatable bonds is 6. The number of amides is 2. The highest BCUT2D eigenvalue weighted by atomic mass is 16.6. The van der Waals surface area contributed by atoms with Crippen LogP contribution in [0.3, 0.4) is 0 Å². The van der Waals surface area contributed by atoms with Crippen LogP contribution in [0.1, 0.15) is 23.0 Å². The summed E-state index contributed by atoms with van der Waals surface area (Å²) in [6, 6.07) is 16.0. The van der Waals surface area contributed by atoms with Crippen molar-refractivity contribution in [2.45, 2.75) is 6.92 Å². The van der Waals surface area contributed by atoms with Crippen molar-refractivity contribution in [3.05, 3.63) is 65.9 Å². The van der Waals surface area contributed by atoms with Gasteiger partial charge in [-0.15, -0.1) is 5.10 Å². The van der Waals surface area contributed by atoms with Crippen LogP contribution in [0.25, 0.3) is 17.1 Å². The first kappa shape index (κ1) is 20.4. The molecule has 0 fully saturated rings. The van der Waals surface area contributed by atoms with Crippen LogP contribution < -0.4 is 16.5 Å². The Hall–Kier alpha value is -4.87. The molecule has 32 heavy (non-hydrogen) atoms. The molecule has 0 bridgehead atoms. The Morgan fingerprint density at radius 3 is 2.50 bits per heavy atom. The third-order valence-electron chi connectivity index (χ3n) is 4.24. The lowest BCUT2D eigenvalue weighted by Gasteiger charge is -2.05. The average Bonchev–Trinajstić information content (AvgIpc) is 3.41.